The number of piperidine rings is 1. The third kappa shape index (κ3) is 3.48. The van der Waals surface area contributed by atoms with E-state index in [1.165, 1.54) is 32.2 Å². The first-order chi connectivity index (χ1) is 7.06. The van der Waals surface area contributed by atoms with E-state index < -0.39 is 0 Å². The highest BCUT2D eigenvalue weighted by Gasteiger charge is 2.28. The monoisotopic (exact) mass is 211 g/mol. The molecule has 1 aliphatic rings. The van der Waals surface area contributed by atoms with E-state index in [-0.39, 0.29) is 0 Å². The summed E-state index contributed by atoms with van der Waals surface area (Å²) < 4.78 is 0. The SMILES string of the molecule is CCCC1CCN(C(C)C(C)C)C(C)C1. The summed E-state index contributed by atoms with van der Waals surface area (Å²) in [7, 11) is 0. The lowest BCUT2D eigenvalue weighted by molar-refractivity contribution is 0.0616. The minimum absolute atomic E-state index is 0.752. The van der Waals surface area contributed by atoms with Crippen molar-refractivity contribution in [3.05, 3.63) is 0 Å². The first-order valence-corrected chi connectivity index (χ1v) is 6.82. The molecule has 1 rings (SSSR count). The highest BCUT2D eigenvalue weighted by Crippen LogP contribution is 2.29. The fraction of sp³-hybridized carbons (Fsp3) is 1.00. The molecule has 3 unspecified atom stereocenters. The molecule has 0 radical (unpaired) electrons. The standard InChI is InChI=1S/C14H29N/c1-6-7-14-8-9-15(12(4)10-14)13(5)11(2)3/h11-14H,6-10H2,1-5H3. The highest BCUT2D eigenvalue weighted by atomic mass is 15.2. The van der Waals surface area contributed by atoms with Crippen LogP contribution in [0.1, 0.15) is 60.3 Å². The Bertz CT molecular complexity index is 176. The summed E-state index contributed by atoms with van der Waals surface area (Å²) in [5.41, 5.74) is 0. The Balaban J connectivity index is 2.45. The van der Waals surface area contributed by atoms with E-state index in [0.29, 0.717) is 0 Å². The van der Waals surface area contributed by atoms with Crippen LogP contribution < -0.4 is 0 Å². The van der Waals surface area contributed by atoms with Crippen LogP contribution in [0.3, 0.4) is 0 Å². The zero-order valence-electron chi connectivity index (χ0n) is 11.3. The molecular formula is C14H29N. The van der Waals surface area contributed by atoms with Gasteiger partial charge < -0.3 is 0 Å². The van der Waals surface area contributed by atoms with Crippen molar-refractivity contribution in [3.8, 4) is 0 Å². The summed E-state index contributed by atoms with van der Waals surface area (Å²) in [6.07, 6.45) is 5.64. The molecule has 0 saturated carbocycles. The van der Waals surface area contributed by atoms with Crippen molar-refractivity contribution < 1.29 is 0 Å². The highest BCUT2D eigenvalue weighted by molar-refractivity contribution is 4.83. The molecule has 1 nitrogen and oxygen atoms in total. The van der Waals surface area contributed by atoms with Crippen molar-refractivity contribution in [3.63, 3.8) is 0 Å². The minimum Gasteiger partial charge on any atom is -0.298 e. The summed E-state index contributed by atoms with van der Waals surface area (Å²) in [4.78, 5) is 2.72. The first-order valence-electron chi connectivity index (χ1n) is 6.82. The molecule has 1 heteroatoms. The summed E-state index contributed by atoms with van der Waals surface area (Å²) in [6, 6.07) is 1.55. The van der Waals surface area contributed by atoms with Crippen molar-refractivity contribution in [1.82, 2.24) is 4.90 Å². The molecule has 15 heavy (non-hydrogen) atoms. The number of hydrogen-bond donors (Lipinski definition) is 0. The maximum Gasteiger partial charge on any atom is 0.00927 e. The van der Waals surface area contributed by atoms with Gasteiger partial charge in [-0.25, -0.2) is 0 Å². The van der Waals surface area contributed by atoms with Gasteiger partial charge in [0.25, 0.3) is 0 Å². The van der Waals surface area contributed by atoms with E-state index >= 15 is 0 Å². The Morgan fingerprint density at radius 1 is 1.27 bits per heavy atom. The molecule has 0 aromatic heterocycles. The Hall–Kier alpha value is -0.0400. The van der Waals surface area contributed by atoms with Crippen molar-refractivity contribution in [2.45, 2.75) is 72.4 Å². The summed E-state index contributed by atoms with van der Waals surface area (Å²) in [5.74, 6) is 1.79. The van der Waals surface area contributed by atoms with Crippen LogP contribution in [-0.4, -0.2) is 23.5 Å². The van der Waals surface area contributed by atoms with E-state index in [9.17, 15) is 0 Å². The van der Waals surface area contributed by atoms with Crippen molar-refractivity contribution in [2.75, 3.05) is 6.54 Å². The first kappa shape index (κ1) is 13.0. The molecule has 1 fully saturated rings. The summed E-state index contributed by atoms with van der Waals surface area (Å²) in [5, 5.41) is 0. The average molecular weight is 211 g/mol. The molecule has 3 atom stereocenters. The molecule has 0 spiro atoms. The maximum absolute atomic E-state index is 2.72. The van der Waals surface area contributed by atoms with Crippen molar-refractivity contribution in [2.24, 2.45) is 11.8 Å². The zero-order chi connectivity index (χ0) is 11.4. The molecule has 0 N–H and O–H groups in total. The predicted molar refractivity (Wildman–Crippen MR) is 68.1 cm³/mol. The largest absolute Gasteiger partial charge is 0.298 e. The lowest BCUT2D eigenvalue weighted by Crippen LogP contribution is -2.47. The Morgan fingerprint density at radius 3 is 2.40 bits per heavy atom. The van der Waals surface area contributed by atoms with Gasteiger partial charge in [-0.15, -0.1) is 0 Å². The van der Waals surface area contributed by atoms with Crippen LogP contribution in [0.15, 0.2) is 0 Å². The van der Waals surface area contributed by atoms with Crippen LogP contribution in [0, 0.1) is 11.8 Å². The predicted octanol–water partition coefficient (Wildman–Crippen LogP) is 3.93. The van der Waals surface area contributed by atoms with Gasteiger partial charge in [0.2, 0.25) is 0 Å². The molecule has 1 aliphatic heterocycles. The van der Waals surface area contributed by atoms with Crippen LogP contribution in [0.5, 0.6) is 0 Å². The van der Waals surface area contributed by atoms with Crippen molar-refractivity contribution >= 4 is 0 Å². The molecule has 0 aliphatic carbocycles. The number of likely N-dealkylation sites (tertiary alicyclic amines) is 1. The fourth-order valence-corrected chi connectivity index (χ4v) is 2.95. The van der Waals surface area contributed by atoms with Gasteiger partial charge in [0.1, 0.15) is 0 Å². The van der Waals surface area contributed by atoms with Gasteiger partial charge in [0, 0.05) is 12.1 Å². The van der Waals surface area contributed by atoms with Gasteiger partial charge in [-0.3, -0.25) is 4.90 Å². The molecule has 0 aromatic carbocycles. The van der Waals surface area contributed by atoms with Crippen LogP contribution in [-0.2, 0) is 0 Å². The topological polar surface area (TPSA) is 3.24 Å². The average Bonchev–Trinajstić information content (AvgIpc) is 2.17. The van der Waals surface area contributed by atoms with Gasteiger partial charge in [-0.2, -0.15) is 0 Å². The van der Waals surface area contributed by atoms with E-state index in [0.717, 1.165) is 23.9 Å². The maximum atomic E-state index is 2.72. The zero-order valence-corrected chi connectivity index (χ0v) is 11.3. The normalized spacial score (nSPS) is 30.8. The lowest BCUT2D eigenvalue weighted by atomic mass is 9.86. The Labute approximate surface area is 96.2 Å². The Kier molecular flexibility index (Phi) is 5.11. The fourth-order valence-electron chi connectivity index (χ4n) is 2.95. The van der Waals surface area contributed by atoms with Gasteiger partial charge in [0.15, 0.2) is 0 Å². The number of rotatable bonds is 4. The molecule has 90 valence electrons. The van der Waals surface area contributed by atoms with Crippen LogP contribution in [0.25, 0.3) is 0 Å². The number of hydrogen-bond acceptors (Lipinski definition) is 1. The second kappa shape index (κ2) is 5.89. The summed E-state index contributed by atoms with van der Waals surface area (Å²) >= 11 is 0. The second-order valence-corrected chi connectivity index (χ2v) is 5.75. The van der Waals surface area contributed by atoms with Gasteiger partial charge in [0.05, 0.1) is 0 Å². The van der Waals surface area contributed by atoms with E-state index in [1.807, 2.05) is 0 Å². The third-order valence-electron chi connectivity index (χ3n) is 4.22. The molecule has 0 aromatic rings. The molecular weight excluding hydrogens is 182 g/mol. The van der Waals surface area contributed by atoms with Gasteiger partial charge in [-0.1, -0.05) is 33.6 Å². The molecule has 0 amide bonds. The van der Waals surface area contributed by atoms with Gasteiger partial charge in [-0.05, 0) is 45.1 Å². The minimum atomic E-state index is 0.752. The number of nitrogens with zero attached hydrogens (tertiary/aromatic N) is 1. The van der Waals surface area contributed by atoms with Crippen LogP contribution in [0.2, 0.25) is 0 Å². The molecule has 1 saturated heterocycles. The smallest absolute Gasteiger partial charge is 0.00927 e. The van der Waals surface area contributed by atoms with E-state index in [2.05, 4.69) is 39.5 Å². The van der Waals surface area contributed by atoms with E-state index in [1.54, 1.807) is 0 Å². The lowest BCUT2D eigenvalue weighted by Gasteiger charge is -2.42. The quantitative estimate of drug-likeness (QED) is 0.681. The van der Waals surface area contributed by atoms with Crippen LogP contribution >= 0.6 is 0 Å². The van der Waals surface area contributed by atoms with E-state index in [4.69, 9.17) is 0 Å². The molecule has 0 bridgehead atoms. The van der Waals surface area contributed by atoms with Gasteiger partial charge >= 0.3 is 0 Å². The van der Waals surface area contributed by atoms with Crippen LogP contribution in [0.4, 0.5) is 0 Å². The van der Waals surface area contributed by atoms with Crippen molar-refractivity contribution in [1.29, 1.82) is 0 Å². The third-order valence-corrected chi connectivity index (χ3v) is 4.22. The Morgan fingerprint density at radius 2 is 1.93 bits per heavy atom. The summed E-state index contributed by atoms with van der Waals surface area (Å²) in [6.45, 7) is 13.1. The second-order valence-electron chi connectivity index (χ2n) is 5.75. The molecule has 1 heterocycles.